The molecule has 3 nitrogen and oxygen atoms in total. The molecule has 0 N–H and O–H groups in total. The standard InChI is InChI=1S/C11H19NO2/c1-7-12(11(3,4)5)8-9(2)10(13)14-6/h7H,1-2,8H2,3-6H3. The first kappa shape index (κ1) is 12.8. The highest BCUT2D eigenvalue weighted by Crippen LogP contribution is 2.15. The molecule has 0 unspecified atom stereocenters. The molecule has 0 fully saturated rings. The number of nitrogens with zero attached hydrogens (tertiary/aromatic N) is 1. The SMILES string of the molecule is C=CN(CC(=C)C(=O)OC)C(C)(C)C. The number of esters is 1. The topological polar surface area (TPSA) is 29.5 Å². The summed E-state index contributed by atoms with van der Waals surface area (Å²) in [5.41, 5.74) is 0.362. The predicted octanol–water partition coefficient (Wildman–Crippen LogP) is 1.96. The Morgan fingerprint density at radius 3 is 2.29 bits per heavy atom. The lowest BCUT2D eigenvalue weighted by atomic mass is 10.1. The van der Waals surface area contributed by atoms with Crippen molar-refractivity contribution in [2.24, 2.45) is 0 Å². The monoisotopic (exact) mass is 197 g/mol. The summed E-state index contributed by atoms with van der Waals surface area (Å²) in [5, 5.41) is 0. The average Bonchev–Trinajstić information content (AvgIpc) is 2.10. The molecule has 0 amide bonds. The van der Waals surface area contributed by atoms with Crippen molar-refractivity contribution in [1.82, 2.24) is 4.90 Å². The number of hydrogen-bond donors (Lipinski definition) is 0. The fourth-order valence-electron chi connectivity index (χ4n) is 0.990. The summed E-state index contributed by atoms with van der Waals surface area (Å²) in [4.78, 5) is 13.0. The zero-order valence-corrected chi connectivity index (χ0v) is 9.46. The second-order valence-corrected chi connectivity index (χ2v) is 4.08. The van der Waals surface area contributed by atoms with Crippen LogP contribution in [0.5, 0.6) is 0 Å². The molecule has 0 aliphatic heterocycles. The summed E-state index contributed by atoms with van der Waals surface area (Å²) in [6.07, 6.45) is 1.70. The number of ether oxygens (including phenoxy) is 1. The van der Waals surface area contributed by atoms with E-state index in [4.69, 9.17) is 0 Å². The van der Waals surface area contributed by atoms with Crippen molar-refractivity contribution in [1.29, 1.82) is 0 Å². The molecule has 14 heavy (non-hydrogen) atoms. The molecule has 0 saturated carbocycles. The van der Waals surface area contributed by atoms with Crippen LogP contribution in [0.2, 0.25) is 0 Å². The van der Waals surface area contributed by atoms with E-state index in [1.165, 1.54) is 7.11 Å². The third-order valence-corrected chi connectivity index (χ3v) is 1.92. The fourth-order valence-corrected chi connectivity index (χ4v) is 0.990. The van der Waals surface area contributed by atoms with E-state index in [0.717, 1.165) is 0 Å². The van der Waals surface area contributed by atoms with Crippen molar-refractivity contribution in [2.45, 2.75) is 26.3 Å². The van der Waals surface area contributed by atoms with E-state index in [-0.39, 0.29) is 11.5 Å². The lowest BCUT2D eigenvalue weighted by Crippen LogP contribution is -2.39. The Hall–Kier alpha value is -1.25. The quantitative estimate of drug-likeness (QED) is 0.509. The Balaban J connectivity index is 4.42. The molecule has 0 atom stereocenters. The summed E-state index contributed by atoms with van der Waals surface area (Å²) in [7, 11) is 1.35. The first-order chi connectivity index (χ1) is 6.32. The van der Waals surface area contributed by atoms with Gasteiger partial charge in [-0.15, -0.1) is 0 Å². The van der Waals surface area contributed by atoms with Crippen LogP contribution < -0.4 is 0 Å². The van der Waals surface area contributed by atoms with E-state index in [1.807, 2.05) is 25.7 Å². The molecule has 0 aromatic rings. The largest absolute Gasteiger partial charge is 0.466 e. The van der Waals surface area contributed by atoms with E-state index in [2.05, 4.69) is 17.9 Å². The molecule has 3 heteroatoms. The second-order valence-electron chi connectivity index (χ2n) is 4.08. The molecule has 0 spiro atoms. The van der Waals surface area contributed by atoms with Gasteiger partial charge in [-0.05, 0) is 27.0 Å². The summed E-state index contributed by atoms with van der Waals surface area (Å²) in [5.74, 6) is -0.374. The second kappa shape index (κ2) is 4.84. The van der Waals surface area contributed by atoms with Gasteiger partial charge < -0.3 is 9.64 Å². The van der Waals surface area contributed by atoms with Crippen LogP contribution in [0.25, 0.3) is 0 Å². The van der Waals surface area contributed by atoms with Crippen LogP contribution in [0.1, 0.15) is 20.8 Å². The molecule has 0 heterocycles. The van der Waals surface area contributed by atoms with Crippen molar-refractivity contribution in [3.8, 4) is 0 Å². The Morgan fingerprint density at radius 2 is 2.00 bits per heavy atom. The van der Waals surface area contributed by atoms with Gasteiger partial charge in [-0.25, -0.2) is 4.79 Å². The van der Waals surface area contributed by atoms with Gasteiger partial charge in [0, 0.05) is 17.7 Å². The average molecular weight is 197 g/mol. The van der Waals surface area contributed by atoms with Crippen LogP contribution in [0, 0.1) is 0 Å². The molecule has 80 valence electrons. The Morgan fingerprint density at radius 1 is 1.50 bits per heavy atom. The van der Waals surface area contributed by atoms with Gasteiger partial charge in [0.05, 0.1) is 7.11 Å². The van der Waals surface area contributed by atoms with Crippen LogP contribution in [0.4, 0.5) is 0 Å². The first-order valence-corrected chi connectivity index (χ1v) is 4.48. The minimum Gasteiger partial charge on any atom is -0.466 e. The van der Waals surface area contributed by atoms with Crippen LogP contribution in [0.15, 0.2) is 24.9 Å². The Labute approximate surface area is 86.0 Å². The van der Waals surface area contributed by atoms with E-state index in [0.29, 0.717) is 12.1 Å². The normalized spacial score (nSPS) is 10.6. The lowest BCUT2D eigenvalue weighted by Gasteiger charge is -2.34. The highest BCUT2D eigenvalue weighted by molar-refractivity contribution is 5.88. The predicted molar refractivity (Wildman–Crippen MR) is 57.8 cm³/mol. The smallest absolute Gasteiger partial charge is 0.334 e. The van der Waals surface area contributed by atoms with E-state index >= 15 is 0 Å². The van der Waals surface area contributed by atoms with Gasteiger partial charge in [0.15, 0.2) is 0 Å². The van der Waals surface area contributed by atoms with Gasteiger partial charge >= 0.3 is 5.97 Å². The first-order valence-electron chi connectivity index (χ1n) is 4.48. The third-order valence-electron chi connectivity index (χ3n) is 1.92. The van der Waals surface area contributed by atoms with Crippen molar-refractivity contribution in [2.75, 3.05) is 13.7 Å². The lowest BCUT2D eigenvalue weighted by molar-refractivity contribution is -0.136. The highest BCUT2D eigenvalue weighted by Gasteiger charge is 2.20. The van der Waals surface area contributed by atoms with Crippen LogP contribution in [-0.4, -0.2) is 30.1 Å². The molecule has 0 aliphatic carbocycles. The maximum atomic E-state index is 11.1. The molecular formula is C11H19NO2. The maximum Gasteiger partial charge on any atom is 0.334 e. The zero-order chi connectivity index (χ0) is 11.4. The van der Waals surface area contributed by atoms with Crippen molar-refractivity contribution in [3.63, 3.8) is 0 Å². The van der Waals surface area contributed by atoms with E-state index in [9.17, 15) is 4.79 Å². The summed E-state index contributed by atoms with van der Waals surface area (Å²) in [6, 6.07) is 0. The molecule has 0 radical (unpaired) electrons. The molecule has 0 aliphatic rings. The molecule has 0 aromatic heterocycles. The van der Waals surface area contributed by atoms with Gasteiger partial charge in [0.1, 0.15) is 0 Å². The molecule has 0 rings (SSSR count). The molecule has 0 saturated heterocycles. The van der Waals surface area contributed by atoms with Gasteiger partial charge in [-0.2, -0.15) is 0 Å². The van der Waals surface area contributed by atoms with Crippen molar-refractivity contribution >= 4 is 5.97 Å². The third kappa shape index (κ3) is 3.64. The van der Waals surface area contributed by atoms with Crippen LogP contribution >= 0.6 is 0 Å². The van der Waals surface area contributed by atoms with Crippen LogP contribution in [0.3, 0.4) is 0 Å². The number of methoxy groups -OCH3 is 1. The van der Waals surface area contributed by atoms with Gasteiger partial charge in [0.2, 0.25) is 0 Å². The van der Waals surface area contributed by atoms with E-state index < -0.39 is 0 Å². The van der Waals surface area contributed by atoms with Crippen LogP contribution in [-0.2, 0) is 9.53 Å². The van der Waals surface area contributed by atoms with Crippen molar-refractivity contribution in [3.05, 3.63) is 24.9 Å². The summed E-state index contributed by atoms with van der Waals surface area (Å²) in [6.45, 7) is 13.9. The minimum atomic E-state index is -0.374. The maximum absolute atomic E-state index is 11.1. The number of carbonyl (C=O) groups excluding carboxylic acids is 1. The Bertz CT molecular complexity index is 238. The van der Waals surface area contributed by atoms with Gasteiger partial charge in [-0.3, -0.25) is 0 Å². The molecule has 0 aromatic carbocycles. The number of hydrogen-bond acceptors (Lipinski definition) is 3. The highest BCUT2D eigenvalue weighted by atomic mass is 16.5. The van der Waals surface area contributed by atoms with Gasteiger partial charge in [0.25, 0.3) is 0 Å². The minimum absolute atomic E-state index is 0.0707. The Kier molecular flexibility index (Phi) is 4.41. The van der Waals surface area contributed by atoms with E-state index in [1.54, 1.807) is 6.20 Å². The molecular weight excluding hydrogens is 178 g/mol. The van der Waals surface area contributed by atoms with Gasteiger partial charge in [-0.1, -0.05) is 13.2 Å². The fraction of sp³-hybridized carbons (Fsp3) is 0.545. The van der Waals surface area contributed by atoms with Crippen molar-refractivity contribution < 1.29 is 9.53 Å². The zero-order valence-electron chi connectivity index (χ0n) is 9.46. The molecule has 0 bridgehead atoms. The summed E-state index contributed by atoms with van der Waals surface area (Å²) < 4.78 is 4.57. The number of carbonyl (C=O) groups is 1. The number of rotatable bonds is 4. The summed E-state index contributed by atoms with van der Waals surface area (Å²) >= 11 is 0.